The Morgan fingerprint density at radius 1 is 0.545 bits per heavy atom. The summed E-state index contributed by atoms with van der Waals surface area (Å²) in [6.45, 7) is 0.430. The topological polar surface area (TPSA) is 664 Å². The molecule has 4 rings (SSSR count). The fourth-order valence-electron chi connectivity index (χ4n) is 10.6. The molecule has 2 saturated heterocycles. The van der Waals surface area contributed by atoms with Crippen LogP contribution in [0.4, 0.5) is 0 Å². The quantitative estimate of drug-likeness (QED) is 0.0132. The maximum Gasteiger partial charge on any atom is 0.326 e. The fourth-order valence-corrected chi connectivity index (χ4v) is 12.9. The maximum atomic E-state index is 15.1. The predicted molar refractivity (Wildman–Crippen MR) is 381 cm³/mol. The van der Waals surface area contributed by atoms with E-state index in [1.54, 1.807) is 6.07 Å². The van der Waals surface area contributed by atoms with Gasteiger partial charge in [-0.25, -0.2) is 4.79 Å². The third-order valence-corrected chi connectivity index (χ3v) is 18.1. The highest BCUT2D eigenvalue weighted by Crippen LogP contribution is 2.25. The van der Waals surface area contributed by atoms with Gasteiger partial charge in [0.05, 0.1) is 6.04 Å². The first-order valence-electron chi connectivity index (χ1n) is 32.6. The van der Waals surface area contributed by atoms with Gasteiger partial charge in [0.15, 0.2) is 29.8 Å². The number of carboxylic acids is 1. The fraction of sp³-hybridized carbons (Fsp3) is 0.583. The number of nitrogens with zero attached hydrogens (tertiary/aromatic N) is 6. The number of aliphatic carboxylic acids is 1. The third kappa shape index (κ3) is 30.4. The molecule has 548 valence electrons. The number of carbonyl (C=O) groups excluding carboxylic acids is 9. The Morgan fingerprint density at radius 3 is 1.63 bits per heavy atom. The zero-order chi connectivity index (χ0) is 73.0. The SMILES string of the molecule is NCCCC[C@H]1NC(=O)[C@H](CCCN=C(N)N)NC(=O)[C@@H](NC(=O)[C@H](CCCN=C(N)N)NC(=O)[C@@H](Cc2ccc3ccccc3c2)NC(=O)[C@@H](N)CCCN=C(N)N)CSSC[C@@H](C(=O)N[C@@H](CCCN=C(N)N)C(=O)O)NC(=O)[C@H](CCCN=C(N)N)NC(=O)[C@@H]2CCCN2C1=O. The van der Waals surface area contributed by atoms with E-state index in [1.807, 2.05) is 36.4 Å². The van der Waals surface area contributed by atoms with Crippen molar-refractivity contribution in [3.8, 4) is 0 Å². The molecular formula is C60H100N26O11S2. The van der Waals surface area contributed by atoms with Gasteiger partial charge in [-0.2, -0.15) is 0 Å². The van der Waals surface area contributed by atoms with Crippen molar-refractivity contribution in [2.24, 2.45) is 93.8 Å². The average Bonchev–Trinajstić information content (AvgIpc) is 1.73. The van der Waals surface area contributed by atoms with E-state index in [0.717, 1.165) is 32.4 Å². The summed E-state index contributed by atoms with van der Waals surface area (Å²) in [5, 5.41) is 33.6. The Bertz CT molecular complexity index is 3200. The third-order valence-electron chi connectivity index (χ3n) is 15.7. The molecule has 0 aliphatic carbocycles. The van der Waals surface area contributed by atoms with E-state index in [2.05, 4.69) is 67.5 Å². The van der Waals surface area contributed by atoms with Crippen LogP contribution in [0.25, 0.3) is 10.8 Å². The second-order valence-electron chi connectivity index (χ2n) is 23.6. The largest absolute Gasteiger partial charge is 0.480 e. The number of unbranched alkanes of at least 4 members (excludes halogenated alkanes) is 1. The molecule has 2 aromatic rings. The highest BCUT2D eigenvalue weighted by molar-refractivity contribution is 8.76. The van der Waals surface area contributed by atoms with Crippen LogP contribution in [0.5, 0.6) is 0 Å². The summed E-state index contributed by atoms with van der Waals surface area (Å²) in [5.74, 6) is -10.9. The van der Waals surface area contributed by atoms with E-state index >= 15 is 9.59 Å². The number of aliphatic imine (C=N–C) groups is 5. The van der Waals surface area contributed by atoms with Gasteiger partial charge in [-0.05, 0) is 119 Å². The second kappa shape index (κ2) is 43.6. The van der Waals surface area contributed by atoms with E-state index in [9.17, 15) is 43.5 Å². The molecular weight excluding hydrogens is 1320 g/mol. The Hall–Kier alpha value is -9.63. The molecule has 0 saturated carbocycles. The molecule has 0 aromatic heterocycles. The van der Waals surface area contributed by atoms with Crippen LogP contribution in [0.3, 0.4) is 0 Å². The van der Waals surface area contributed by atoms with Gasteiger partial charge in [0.25, 0.3) is 0 Å². The monoisotopic (exact) mass is 1420 g/mol. The molecule has 2 aliphatic rings. The summed E-state index contributed by atoms with van der Waals surface area (Å²) < 4.78 is 0. The summed E-state index contributed by atoms with van der Waals surface area (Å²) in [4.78, 5) is 166. The van der Waals surface area contributed by atoms with Gasteiger partial charge in [0.2, 0.25) is 53.2 Å². The van der Waals surface area contributed by atoms with Crippen molar-refractivity contribution in [2.75, 3.05) is 57.3 Å². The Morgan fingerprint density at radius 2 is 1.05 bits per heavy atom. The number of hydrogen-bond donors (Lipinski definition) is 21. The van der Waals surface area contributed by atoms with Crippen molar-refractivity contribution >= 4 is 121 Å². The number of nitrogens with one attached hydrogen (secondary N) is 8. The van der Waals surface area contributed by atoms with Gasteiger partial charge < -0.3 is 121 Å². The highest BCUT2D eigenvalue weighted by Gasteiger charge is 2.41. The van der Waals surface area contributed by atoms with Crippen molar-refractivity contribution in [2.45, 2.75) is 163 Å². The number of rotatable bonds is 35. The molecule has 0 radical (unpaired) electrons. The van der Waals surface area contributed by atoms with Crippen LogP contribution in [-0.2, 0) is 54.4 Å². The van der Waals surface area contributed by atoms with Crippen LogP contribution in [0, 0.1) is 0 Å². The van der Waals surface area contributed by atoms with Crippen molar-refractivity contribution in [1.29, 1.82) is 0 Å². The minimum Gasteiger partial charge on any atom is -0.480 e. The summed E-state index contributed by atoms with van der Waals surface area (Å²) in [7, 11) is 1.80. The molecule has 99 heavy (non-hydrogen) atoms. The van der Waals surface area contributed by atoms with E-state index in [0.29, 0.717) is 31.2 Å². The number of carboxylic acid groups (broad SMARTS) is 1. The average molecular weight is 1430 g/mol. The smallest absolute Gasteiger partial charge is 0.326 e. The standard InChI is InChI=1S/C60H100N26O11S2/c61-22-4-3-14-40-54(95)86-28-10-19-45(86)53(94)80-39(17-8-26-76-59(69)70)49(90)85-44(52(93)82-41(55(96)97)18-9-27-77-60(71)72)32-99-98-31-43(51(92)79-37(47(88)81-40)15-6-24-74-57(65)66)84-48(89)38(16-7-25-75-58(67)68)78-50(91)42(83-46(87)36(62)13-5-23-73-56(63)64)30-33-20-21-34-11-1-2-12-35(34)29-33/h1-2,11-12,20-21,29,36-45H,3-10,13-19,22-28,30-32,61-62H2,(H,78,91)(H,79,92)(H,80,94)(H,81,88)(H,82,93)(H,83,87)(H,84,89)(H,85,90)(H,96,97)(H4,63,64,73)(H4,65,66,74)(H4,67,68,75)(H4,69,70,76)(H4,71,72,77)/t36-,37-,38-,39-,40+,41-,42+,43-,44-,45-/m0/s1. The van der Waals surface area contributed by atoms with Crippen LogP contribution in [0.2, 0.25) is 0 Å². The molecule has 39 heteroatoms. The Balaban J connectivity index is 1.87. The van der Waals surface area contributed by atoms with Gasteiger partial charge in [-0.3, -0.25) is 68.1 Å². The lowest BCUT2D eigenvalue weighted by Crippen LogP contribution is -2.61. The minimum atomic E-state index is -1.63. The first-order valence-corrected chi connectivity index (χ1v) is 35.1. The number of hydrogen-bond acceptors (Lipinski definition) is 19. The molecule has 0 spiro atoms. The molecule has 2 fully saturated rings. The zero-order valence-electron chi connectivity index (χ0n) is 55.5. The first-order chi connectivity index (χ1) is 47.2. The van der Waals surface area contributed by atoms with E-state index in [1.165, 1.54) is 4.90 Å². The van der Waals surface area contributed by atoms with Gasteiger partial charge in [-0.15, -0.1) is 0 Å². The molecule has 9 amide bonds. The van der Waals surface area contributed by atoms with Crippen LogP contribution in [-0.4, -0.2) is 217 Å². The molecule has 33 N–H and O–H groups in total. The van der Waals surface area contributed by atoms with Crippen molar-refractivity contribution < 1.29 is 53.1 Å². The van der Waals surface area contributed by atoms with E-state index < -0.39 is 120 Å². The maximum absolute atomic E-state index is 15.1. The number of fused-ring (bicyclic) bond motifs is 2. The number of carbonyl (C=O) groups is 10. The van der Waals surface area contributed by atoms with E-state index in [-0.39, 0.29) is 164 Å². The lowest BCUT2D eigenvalue weighted by molar-refractivity contribution is -0.143. The van der Waals surface area contributed by atoms with Crippen molar-refractivity contribution in [3.63, 3.8) is 0 Å². The van der Waals surface area contributed by atoms with Crippen molar-refractivity contribution in [1.82, 2.24) is 47.4 Å². The molecule has 2 heterocycles. The molecule has 2 aliphatic heterocycles. The Kier molecular flexibility index (Phi) is 36.0. The van der Waals surface area contributed by atoms with Gasteiger partial charge in [0.1, 0.15) is 54.4 Å². The number of nitrogens with two attached hydrogens (primary N) is 12. The summed E-state index contributed by atoms with van der Waals surface area (Å²) in [5.41, 5.74) is 68.5. The van der Waals surface area contributed by atoms with Crippen LogP contribution in [0.1, 0.15) is 102 Å². The normalized spacial score (nSPS) is 19.8. The summed E-state index contributed by atoms with van der Waals surface area (Å²) >= 11 is 0. The molecule has 2 aromatic carbocycles. The highest BCUT2D eigenvalue weighted by atomic mass is 33.1. The lowest BCUT2D eigenvalue weighted by atomic mass is 10.00. The number of guanidine groups is 5. The van der Waals surface area contributed by atoms with Gasteiger partial charge in [0, 0.05) is 57.2 Å². The van der Waals surface area contributed by atoms with Crippen molar-refractivity contribution in [3.05, 3.63) is 48.0 Å². The molecule has 0 bridgehead atoms. The van der Waals surface area contributed by atoms with E-state index in [4.69, 9.17) is 68.8 Å². The van der Waals surface area contributed by atoms with Gasteiger partial charge in [-0.1, -0.05) is 64.1 Å². The number of benzene rings is 2. The number of amides is 9. The Labute approximate surface area is 581 Å². The van der Waals surface area contributed by atoms with Gasteiger partial charge >= 0.3 is 5.97 Å². The van der Waals surface area contributed by atoms with Crippen LogP contribution >= 0.6 is 21.6 Å². The first kappa shape index (κ1) is 81.8. The molecule has 37 nitrogen and oxygen atoms in total. The molecule has 0 unspecified atom stereocenters. The zero-order valence-corrected chi connectivity index (χ0v) is 57.1. The van der Waals surface area contributed by atoms with Crippen LogP contribution < -0.4 is 111 Å². The van der Waals surface area contributed by atoms with Crippen LogP contribution in [0.15, 0.2) is 67.4 Å². The molecule has 10 atom stereocenters. The second-order valence-corrected chi connectivity index (χ2v) is 26.2. The summed E-state index contributed by atoms with van der Waals surface area (Å²) in [6, 6.07) is -1.15. The predicted octanol–water partition coefficient (Wildman–Crippen LogP) is -6.54. The summed E-state index contributed by atoms with van der Waals surface area (Å²) in [6.07, 6.45) is 1.37. The minimum absolute atomic E-state index is 0.00675. The lowest BCUT2D eigenvalue weighted by Gasteiger charge is -2.31.